The maximum absolute atomic E-state index is 12.9. The smallest absolute Gasteiger partial charge is 0.253 e. The number of amides is 2. The molecule has 0 unspecified atom stereocenters. The summed E-state index contributed by atoms with van der Waals surface area (Å²) >= 11 is 0. The summed E-state index contributed by atoms with van der Waals surface area (Å²) in [5, 5.41) is 2.92. The Balaban J connectivity index is 1.64. The van der Waals surface area contributed by atoms with Gasteiger partial charge in [0, 0.05) is 50.9 Å². The van der Waals surface area contributed by atoms with E-state index in [1.165, 1.54) is 23.6 Å². The Labute approximate surface area is 220 Å². The van der Waals surface area contributed by atoms with Crippen molar-refractivity contribution in [2.75, 3.05) is 31.5 Å². The molecule has 0 aromatic heterocycles. The van der Waals surface area contributed by atoms with Crippen LogP contribution in [0.15, 0.2) is 84.4 Å². The highest BCUT2D eigenvalue weighted by Gasteiger charge is 2.20. The van der Waals surface area contributed by atoms with Crippen LogP contribution in [0.1, 0.15) is 60.7 Å². The molecule has 1 aliphatic heterocycles. The van der Waals surface area contributed by atoms with E-state index >= 15 is 0 Å². The average Bonchev–Trinajstić information content (AvgIpc) is 2.91. The van der Waals surface area contributed by atoms with Crippen molar-refractivity contribution in [1.82, 2.24) is 9.80 Å². The highest BCUT2D eigenvalue weighted by atomic mass is 16.2. The van der Waals surface area contributed by atoms with Gasteiger partial charge in [-0.3, -0.25) is 14.5 Å². The van der Waals surface area contributed by atoms with Crippen LogP contribution in [0.3, 0.4) is 0 Å². The molecule has 4 rings (SSSR count). The Morgan fingerprint density at radius 1 is 0.811 bits per heavy atom. The molecule has 1 aliphatic rings. The number of rotatable bonds is 8. The van der Waals surface area contributed by atoms with Crippen LogP contribution in [0.25, 0.3) is 5.57 Å². The zero-order valence-electron chi connectivity index (χ0n) is 22.2. The number of carbonyl (C=O) groups is 2. The first-order chi connectivity index (χ1) is 18.0. The SMILES string of the molecule is CCN(CC)C(=O)c1ccc(C(=C2CCN(Cc3ccccc3)CC2)c2cccc(NC(C)=O)c2)cc1. The summed E-state index contributed by atoms with van der Waals surface area (Å²) in [6.45, 7) is 9.89. The van der Waals surface area contributed by atoms with Gasteiger partial charge in [-0.2, -0.15) is 0 Å². The molecule has 0 atom stereocenters. The molecule has 1 fully saturated rings. The molecule has 192 valence electrons. The van der Waals surface area contributed by atoms with Gasteiger partial charge in [0.2, 0.25) is 5.91 Å². The third kappa shape index (κ3) is 6.75. The lowest BCUT2D eigenvalue weighted by Crippen LogP contribution is -2.30. The van der Waals surface area contributed by atoms with Gasteiger partial charge in [0.05, 0.1) is 0 Å². The van der Waals surface area contributed by atoms with Crippen LogP contribution < -0.4 is 5.32 Å². The molecular formula is C32H37N3O2. The average molecular weight is 496 g/mol. The van der Waals surface area contributed by atoms with E-state index in [1.54, 1.807) is 0 Å². The van der Waals surface area contributed by atoms with Crippen LogP contribution in [0.5, 0.6) is 0 Å². The summed E-state index contributed by atoms with van der Waals surface area (Å²) < 4.78 is 0. The molecule has 5 nitrogen and oxygen atoms in total. The summed E-state index contributed by atoms with van der Waals surface area (Å²) in [6.07, 6.45) is 1.96. The molecule has 0 radical (unpaired) electrons. The minimum Gasteiger partial charge on any atom is -0.339 e. The van der Waals surface area contributed by atoms with Crippen LogP contribution in [0.2, 0.25) is 0 Å². The number of carbonyl (C=O) groups excluding carboxylic acids is 2. The molecule has 0 spiro atoms. The van der Waals surface area contributed by atoms with Gasteiger partial charge in [0.25, 0.3) is 5.91 Å². The Morgan fingerprint density at radius 3 is 2.08 bits per heavy atom. The van der Waals surface area contributed by atoms with Gasteiger partial charge in [0.1, 0.15) is 0 Å². The maximum atomic E-state index is 12.9. The van der Waals surface area contributed by atoms with E-state index in [9.17, 15) is 9.59 Å². The molecule has 1 N–H and O–H groups in total. The minimum absolute atomic E-state index is 0.0626. The summed E-state index contributed by atoms with van der Waals surface area (Å²) in [5.41, 5.74) is 7.63. The number of nitrogens with zero attached hydrogens (tertiary/aromatic N) is 2. The second-order valence-electron chi connectivity index (χ2n) is 9.56. The monoisotopic (exact) mass is 495 g/mol. The summed E-state index contributed by atoms with van der Waals surface area (Å²) in [5.74, 6) is -0.0209. The van der Waals surface area contributed by atoms with Crippen LogP contribution in [0, 0.1) is 0 Å². The molecule has 1 saturated heterocycles. The first-order valence-electron chi connectivity index (χ1n) is 13.2. The van der Waals surface area contributed by atoms with Crippen molar-refractivity contribution in [3.8, 4) is 0 Å². The highest BCUT2D eigenvalue weighted by molar-refractivity contribution is 5.95. The Bertz CT molecular complexity index is 1230. The predicted molar refractivity (Wildman–Crippen MR) is 151 cm³/mol. The molecule has 1 heterocycles. The van der Waals surface area contributed by atoms with E-state index in [1.807, 2.05) is 43.0 Å². The van der Waals surface area contributed by atoms with Crippen LogP contribution >= 0.6 is 0 Å². The normalized spacial score (nSPS) is 13.8. The van der Waals surface area contributed by atoms with E-state index in [0.717, 1.165) is 49.3 Å². The predicted octanol–water partition coefficient (Wildman–Crippen LogP) is 6.22. The number of hydrogen-bond donors (Lipinski definition) is 1. The third-order valence-corrected chi connectivity index (χ3v) is 7.00. The highest BCUT2D eigenvalue weighted by Crippen LogP contribution is 2.34. The number of likely N-dealkylation sites (tertiary alicyclic amines) is 1. The van der Waals surface area contributed by atoms with Crippen molar-refractivity contribution < 1.29 is 9.59 Å². The fourth-order valence-electron chi connectivity index (χ4n) is 5.08. The van der Waals surface area contributed by atoms with Gasteiger partial charge in [-0.25, -0.2) is 0 Å². The van der Waals surface area contributed by atoms with Gasteiger partial charge in [0.15, 0.2) is 0 Å². The van der Waals surface area contributed by atoms with E-state index in [2.05, 4.69) is 64.8 Å². The van der Waals surface area contributed by atoms with Crippen molar-refractivity contribution in [3.63, 3.8) is 0 Å². The zero-order chi connectivity index (χ0) is 26.2. The molecule has 2 amide bonds. The summed E-state index contributed by atoms with van der Waals surface area (Å²) in [7, 11) is 0. The number of piperidine rings is 1. The second-order valence-corrected chi connectivity index (χ2v) is 9.56. The fourth-order valence-corrected chi connectivity index (χ4v) is 5.08. The lowest BCUT2D eigenvalue weighted by atomic mass is 9.87. The van der Waals surface area contributed by atoms with Crippen molar-refractivity contribution in [3.05, 3.63) is 107 Å². The summed E-state index contributed by atoms with van der Waals surface area (Å²) in [4.78, 5) is 28.9. The largest absolute Gasteiger partial charge is 0.339 e. The Kier molecular flexibility index (Phi) is 8.91. The minimum atomic E-state index is -0.0835. The first kappa shape index (κ1) is 26.4. The van der Waals surface area contributed by atoms with Gasteiger partial charge in [-0.05, 0) is 73.2 Å². The van der Waals surface area contributed by atoms with Crippen molar-refractivity contribution >= 4 is 23.1 Å². The second kappa shape index (κ2) is 12.5. The standard InChI is InChI=1S/C32H37N3O2/c1-4-35(5-2)32(37)28-16-14-26(15-17-28)31(29-12-9-13-30(22-29)33-24(3)36)27-18-20-34(21-19-27)23-25-10-7-6-8-11-25/h6-17,22H,4-5,18-21,23H2,1-3H3,(H,33,36). The number of hydrogen-bond acceptors (Lipinski definition) is 3. The lowest BCUT2D eigenvalue weighted by Gasteiger charge is -2.30. The van der Waals surface area contributed by atoms with Crippen LogP contribution in [-0.2, 0) is 11.3 Å². The molecular weight excluding hydrogens is 458 g/mol. The van der Waals surface area contributed by atoms with Crippen LogP contribution in [0.4, 0.5) is 5.69 Å². The van der Waals surface area contributed by atoms with Crippen LogP contribution in [-0.4, -0.2) is 47.8 Å². The van der Waals surface area contributed by atoms with Gasteiger partial charge >= 0.3 is 0 Å². The Hall–Kier alpha value is -3.70. The summed E-state index contributed by atoms with van der Waals surface area (Å²) in [6, 6.07) is 26.7. The van der Waals surface area contributed by atoms with E-state index < -0.39 is 0 Å². The van der Waals surface area contributed by atoms with Crippen molar-refractivity contribution in [2.24, 2.45) is 0 Å². The molecule has 0 saturated carbocycles. The molecule has 3 aromatic carbocycles. The molecule has 3 aromatic rings. The first-order valence-corrected chi connectivity index (χ1v) is 13.2. The van der Waals surface area contributed by atoms with E-state index in [0.29, 0.717) is 18.7 Å². The van der Waals surface area contributed by atoms with Gasteiger partial charge < -0.3 is 10.2 Å². The van der Waals surface area contributed by atoms with Gasteiger partial charge in [-0.15, -0.1) is 0 Å². The quantitative estimate of drug-likeness (QED) is 0.403. The molecule has 0 bridgehead atoms. The van der Waals surface area contributed by atoms with Crippen molar-refractivity contribution in [1.29, 1.82) is 0 Å². The third-order valence-electron chi connectivity index (χ3n) is 7.00. The number of nitrogens with one attached hydrogen (secondary N) is 1. The maximum Gasteiger partial charge on any atom is 0.253 e. The topological polar surface area (TPSA) is 52.7 Å². The van der Waals surface area contributed by atoms with E-state index in [4.69, 9.17) is 0 Å². The Morgan fingerprint density at radius 2 is 1.46 bits per heavy atom. The molecule has 5 heteroatoms. The molecule has 37 heavy (non-hydrogen) atoms. The van der Waals surface area contributed by atoms with E-state index in [-0.39, 0.29) is 11.8 Å². The molecule has 0 aliphatic carbocycles. The van der Waals surface area contributed by atoms with Crippen molar-refractivity contribution in [2.45, 2.75) is 40.2 Å². The fraction of sp³-hybridized carbons (Fsp3) is 0.312. The lowest BCUT2D eigenvalue weighted by molar-refractivity contribution is -0.114. The van der Waals surface area contributed by atoms with Gasteiger partial charge in [-0.1, -0.05) is 60.2 Å². The number of benzene rings is 3. The zero-order valence-corrected chi connectivity index (χ0v) is 22.2. The number of anilines is 1.